The van der Waals surface area contributed by atoms with Gasteiger partial charge in [0.05, 0.1) is 12.8 Å². The van der Waals surface area contributed by atoms with Gasteiger partial charge in [-0.25, -0.2) is 0 Å². The molecule has 5 nitrogen and oxygen atoms in total. The summed E-state index contributed by atoms with van der Waals surface area (Å²) in [6.45, 7) is 0. The number of Topliss-reactive ketones (excluding diaryl/α,β-unsaturated/α-hetero) is 1. The minimum atomic E-state index is -0.374. The summed E-state index contributed by atoms with van der Waals surface area (Å²) in [6.07, 6.45) is 1.31. The highest BCUT2D eigenvalue weighted by Crippen LogP contribution is 2.23. The van der Waals surface area contributed by atoms with Crippen LogP contribution in [-0.4, -0.2) is 18.0 Å². The van der Waals surface area contributed by atoms with Crippen molar-refractivity contribution < 1.29 is 9.53 Å². The molecule has 0 saturated carbocycles. The van der Waals surface area contributed by atoms with Gasteiger partial charge in [-0.1, -0.05) is 48.5 Å². The standard InChI is InChI=1S/C22H17N3O2S/c1-27-20-9-5-4-8-19(20)25-22(28)24-14-18(13-23)21(26)17-11-10-15-6-2-3-7-16(15)12-17/h2-12,14H,1H3,(H2,24,25,28)/b18-14+. The van der Waals surface area contributed by atoms with E-state index in [2.05, 4.69) is 10.6 Å². The average molecular weight is 387 g/mol. The van der Waals surface area contributed by atoms with E-state index in [1.807, 2.05) is 54.6 Å². The molecule has 0 unspecified atom stereocenters. The van der Waals surface area contributed by atoms with Gasteiger partial charge in [0.25, 0.3) is 0 Å². The molecule has 3 aromatic carbocycles. The first-order valence-electron chi connectivity index (χ1n) is 8.46. The first-order chi connectivity index (χ1) is 13.6. The molecule has 0 radical (unpaired) electrons. The Bertz CT molecular complexity index is 1120. The number of ketones is 1. The quantitative estimate of drug-likeness (QED) is 0.292. The van der Waals surface area contributed by atoms with Gasteiger partial charge in [0.2, 0.25) is 5.78 Å². The number of rotatable bonds is 5. The zero-order chi connectivity index (χ0) is 19.9. The summed E-state index contributed by atoms with van der Waals surface area (Å²) < 4.78 is 5.25. The molecule has 0 bridgehead atoms. The molecule has 0 aliphatic rings. The molecule has 6 heteroatoms. The molecule has 0 atom stereocenters. The maximum Gasteiger partial charge on any atom is 0.205 e. The van der Waals surface area contributed by atoms with Crippen molar-refractivity contribution in [3.63, 3.8) is 0 Å². The molecule has 0 heterocycles. The summed E-state index contributed by atoms with van der Waals surface area (Å²) in [5, 5.41) is 17.4. The van der Waals surface area contributed by atoms with E-state index < -0.39 is 0 Å². The van der Waals surface area contributed by atoms with Gasteiger partial charge in [-0.3, -0.25) is 4.79 Å². The lowest BCUT2D eigenvalue weighted by Crippen LogP contribution is -2.25. The average Bonchev–Trinajstić information content (AvgIpc) is 2.74. The number of carbonyl (C=O) groups is 1. The summed E-state index contributed by atoms with van der Waals surface area (Å²) in [7, 11) is 1.56. The summed E-state index contributed by atoms with van der Waals surface area (Å²) in [5.41, 5.74) is 1.08. The molecule has 0 aliphatic heterocycles. The van der Waals surface area contributed by atoms with Crippen LogP contribution in [-0.2, 0) is 0 Å². The van der Waals surface area contributed by atoms with Gasteiger partial charge in [-0.15, -0.1) is 0 Å². The molecule has 2 N–H and O–H groups in total. The van der Waals surface area contributed by atoms with Crippen LogP contribution in [0.5, 0.6) is 5.75 Å². The second-order valence-corrected chi connectivity index (χ2v) is 6.27. The van der Waals surface area contributed by atoms with E-state index in [1.165, 1.54) is 6.20 Å². The maximum atomic E-state index is 12.7. The highest BCUT2D eigenvalue weighted by molar-refractivity contribution is 7.80. The third kappa shape index (κ3) is 4.34. The minimum absolute atomic E-state index is 0.0422. The molecule has 3 aromatic rings. The predicted molar refractivity (Wildman–Crippen MR) is 114 cm³/mol. The summed E-state index contributed by atoms with van der Waals surface area (Å²) in [6, 6.07) is 22.3. The van der Waals surface area contributed by atoms with Crippen molar-refractivity contribution in [3.8, 4) is 11.8 Å². The van der Waals surface area contributed by atoms with E-state index >= 15 is 0 Å². The molecule has 28 heavy (non-hydrogen) atoms. The molecule has 138 valence electrons. The van der Waals surface area contributed by atoms with Crippen molar-refractivity contribution in [2.75, 3.05) is 12.4 Å². The molecule has 3 rings (SSSR count). The Morgan fingerprint density at radius 1 is 1.07 bits per heavy atom. The summed E-state index contributed by atoms with van der Waals surface area (Å²) in [4.78, 5) is 12.7. The van der Waals surface area contributed by atoms with Crippen molar-refractivity contribution >= 4 is 39.6 Å². The van der Waals surface area contributed by atoms with E-state index in [9.17, 15) is 10.1 Å². The van der Waals surface area contributed by atoms with Crippen molar-refractivity contribution in [1.82, 2.24) is 5.32 Å². The number of fused-ring (bicyclic) bond motifs is 1. The fraction of sp³-hybridized carbons (Fsp3) is 0.0455. The number of hydrogen-bond donors (Lipinski definition) is 2. The number of nitrogens with one attached hydrogen (secondary N) is 2. The lowest BCUT2D eigenvalue weighted by Gasteiger charge is -2.11. The van der Waals surface area contributed by atoms with Crippen LogP contribution < -0.4 is 15.4 Å². The molecule has 0 fully saturated rings. The molecular formula is C22H17N3O2S. The Kier molecular flexibility index (Phi) is 6.00. The number of nitriles is 1. The number of anilines is 1. The first-order valence-corrected chi connectivity index (χ1v) is 8.87. The lowest BCUT2D eigenvalue weighted by atomic mass is 10.0. The largest absolute Gasteiger partial charge is 0.495 e. The second-order valence-electron chi connectivity index (χ2n) is 5.86. The molecule has 0 amide bonds. The van der Waals surface area contributed by atoms with Crippen molar-refractivity contribution in [1.29, 1.82) is 5.26 Å². The fourth-order valence-corrected chi connectivity index (χ4v) is 2.85. The van der Waals surface area contributed by atoms with Gasteiger partial charge < -0.3 is 15.4 Å². The highest BCUT2D eigenvalue weighted by atomic mass is 32.1. The second kappa shape index (κ2) is 8.80. The number of thiocarbonyl (C=S) groups is 1. The zero-order valence-electron chi connectivity index (χ0n) is 15.1. The topological polar surface area (TPSA) is 74.2 Å². The fourth-order valence-electron chi connectivity index (χ4n) is 2.68. The van der Waals surface area contributed by atoms with E-state index in [1.54, 1.807) is 25.3 Å². The van der Waals surface area contributed by atoms with Crippen molar-refractivity contribution in [2.45, 2.75) is 0 Å². The van der Waals surface area contributed by atoms with E-state index in [-0.39, 0.29) is 16.5 Å². The smallest absolute Gasteiger partial charge is 0.205 e. The van der Waals surface area contributed by atoms with Crippen molar-refractivity contribution in [2.24, 2.45) is 0 Å². The highest BCUT2D eigenvalue weighted by Gasteiger charge is 2.13. The third-order valence-corrected chi connectivity index (χ3v) is 4.30. The summed E-state index contributed by atoms with van der Waals surface area (Å²) >= 11 is 5.23. The molecule has 0 spiro atoms. The monoisotopic (exact) mass is 387 g/mol. The number of para-hydroxylation sites is 2. The van der Waals surface area contributed by atoms with Gasteiger partial charge in [0.15, 0.2) is 5.11 Å². The van der Waals surface area contributed by atoms with Gasteiger partial charge >= 0.3 is 0 Å². The zero-order valence-corrected chi connectivity index (χ0v) is 15.9. The Balaban J connectivity index is 1.74. The maximum absolute atomic E-state index is 12.7. The number of allylic oxidation sites excluding steroid dienone is 1. The van der Waals surface area contributed by atoms with Crippen LogP contribution in [0.3, 0.4) is 0 Å². The van der Waals surface area contributed by atoms with Crippen molar-refractivity contribution in [3.05, 3.63) is 84.1 Å². The van der Waals surface area contributed by atoms with Crippen LogP contribution in [0.15, 0.2) is 78.5 Å². The normalized spacial score (nSPS) is 10.8. The Morgan fingerprint density at radius 3 is 2.54 bits per heavy atom. The molecular weight excluding hydrogens is 370 g/mol. The Morgan fingerprint density at radius 2 is 1.79 bits per heavy atom. The first kappa shape index (κ1) is 19.1. The van der Waals surface area contributed by atoms with Crippen LogP contribution in [0, 0.1) is 11.3 Å². The molecule has 0 saturated heterocycles. The number of methoxy groups -OCH3 is 1. The number of nitrogens with zero attached hydrogens (tertiary/aromatic N) is 1. The minimum Gasteiger partial charge on any atom is -0.495 e. The molecule has 0 aromatic heterocycles. The lowest BCUT2D eigenvalue weighted by molar-refractivity contribution is 0.103. The van der Waals surface area contributed by atoms with Crippen LogP contribution >= 0.6 is 12.2 Å². The number of benzene rings is 3. The molecule has 0 aliphatic carbocycles. The number of carbonyl (C=O) groups excluding carboxylic acids is 1. The Hall–Kier alpha value is -3.69. The van der Waals surface area contributed by atoms with Gasteiger partial charge in [-0.05, 0) is 41.2 Å². The van der Waals surface area contributed by atoms with E-state index in [4.69, 9.17) is 17.0 Å². The van der Waals surface area contributed by atoms with Gasteiger partial charge in [0.1, 0.15) is 17.4 Å². The van der Waals surface area contributed by atoms with E-state index in [0.717, 1.165) is 10.8 Å². The van der Waals surface area contributed by atoms with Crippen LogP contribution in [0.2, 0.25) is 0 Å². The van der Waals surface area contributed by atoms with E-state index in [0.29, 0.717) is 17.0 Å². The van der Waals surface area contributed by atoms with Crippen LogP contribution in [0.1, 0.15) is 10.4 Å². The number of ether oxygens (including phenoxy) is 1. The number of hydrogen-bond acceptors (Lipinski definition) is 4. The van der Waals surface area contributed by atoms with Gasteiger partial charge in [-0.2, -0.15) is 5.26 Å². The SMILES string of the molecule is COc1ccccc1NC(=S)N/C=C(\C#N)C(=O)c1ccc2ccccc2c1. The predicted octanol–water partition coefficient (Wildman–Crippen LogP) is 4.43. The third-order valence-electron chi connectivity index (χ3n) is 4.08. The van der Waals surface area contributed by atoms with Crippen LogP contribution in [0.4, 0.5) is 5.69 Å². The van der Waals surface area contributed by atoms with Gasteiger partial charge in [0, 0.05) is 11.8 Å². The summed E-state index contributed by atoms with van der Waals surface area (Å²) in [5.74, 6) is 0.254. The van der Waals surface area contributed by atoms with Crippen LogP contribution in [0.25, 0.3) is 10.8 Å². The Labute approximate surface area is 168 Å².